The molecule has 0 bridgehead atoms. The van der Waals surface area contributed by atoms with Crippen LogP contribution >= 0.6 is 24.0 Å². The van der Waals surface area contributed by atoms with Crippen molar-refractivity contribution in [2.45, 2.75) is 6.10 Å². The molecule has 0 saturated carbocycles. The van der Waals surface area contributed by atoms with E-state index in [0.717, 1.165) is 26.2 Å². The van der Waals surface area contributed by atoms with Crippen molar-refractivity contribution in [1.29, 1.82) is 0 Å². The number of methoxy groups -OCH3 is 1. The largest absolute Gasteiger partial charge is 0.382 e. The van der Waals surface area contributed by atoms with Crippen LogP contribution in [0.25, 0.3) is 0 Å². The van der Waals surface area contributed by atoms with Gasteiger partial charge in [0, 0.05) is 32.6 Å². The van der Waals surface area contributed by atoms with Gasteiger partial charge in [-0.1, -0.05) is 0 Å². The molecule has 13 heavy (non-hydrogen) atoms. The molecule has 0 spiro atoms. The van der Waals surface area contributed by atoms with Crippen molar-refractivity contribution in [2.24, 2.45) is 0 Å². The quantitative estimate of drug-likeness (QED) is 0.672. The summed E-state index contributed by atoms with van der Waals surface area (Å²) in [5, 5.41) is 0. The fourth-order valence-corrected chi connectivity index (χ4v) is 1.63. The number of rotatable bonds is 4. The molecule has 1 rings (SSSR count). The summed E-state index contributed by atoms with van der Waals surface area (Å²) in [6, 6.07) is 0. The topological polar surface area (TPSA) is 21.7 Å². The average molecular weight is 230 g/mol. The lowest BCUT2D eigenvalue weighted by Gasteiger charge is -2.31. The van der Waals surface area contributed by atoms with Crippen molar-refractivity contribution < 1.29 is 9.47 Å². The molecule has 0 aromatic carbocycles. The molecule has 0 aromatic heterocycles. The summed E-state index contributed by atoms with van der Waals surface area (Å²) in [5.41, 5.74) is 0. The molecular formula is C8H17Cl2NO2. The highest BCUT2D eigenvalue weighted by Gasteiger charge is 2.19. The van der Waals surface area contributed by atoms with Gasteiger partial charge in [-0.25, -0.2) is 0 Å². The average Bonchev–Trinajstić information content (AvgIpc) is 2.06. The fourth-order valence-electron chi connectivity index (χ4n) is 1.39. The van der Waals surface area contributed by atoms with Gasteiger partial charge < -0.3 is 9.47 Å². The third-order valence-corrected chi connectivity index (χ3v) is 2.15. The summed E-state index contributed by atoms with van der Waals surface area (Å²) in [6.07, 6.45) is 0.229. The molecule has 3 nitrogen and oxygen atoms in total. The zero-order valence-electron chi connectivity index (χ0n) is 7.87. The molecule has 0 aliphatic carbocycles. The van der Waals surface area contributed by atoms with Gasteiger partial charge in [0.1, 0.15) is 0 Å². The van der Waals surface area contributed by atoms with Crippen LogP contribution in [0.1, 0.15) is 0 Å². The van der Waals surface area contributed by atoms with Gasteiger partial charge in [0.2, 0.25) is 0 Å². The highest BCUT2D eigenvalue weighted by Crippen LogP contribution is 2.05. The third-order valence-electron chi connectivity index (χ3n) is 1.98. The Morgan fingerprint density at radius 2 is 2.38 bits per heavy atom. The maximum atomic E-state index is 5.65. The molecule has 5 heteroatoms. The van der Waals surface area contributed by atoms with Gasteiger partial charge in [0.15, 0.2) is 0 Å². The van der Waals surface area contributed by atoms with Gasteiger partial charge >= 0.3 is 0 Å². The van der Waals surface area contributed by atoms with Crippen molar-refractivity contribution in [3.05, 3.63) is 0 Å². The Kier molecular flexibility index (Phi) is 8.10. The monoisotopic (exact) mass is 229 g/mol. The van der Waals surface area contributed by atoms with Gasteiger partial charge in [-0.3, -0.25) is 4.90 Å². The minimum absolute atomic E-state index is 0. The molecule has 0 aromatic rings. The molecule has 1 atom stereocenters. The second kappa shape index (κ2) is 7.83. The highest BCUT2D eigenvalue weighted by molar-refractivity contribution is 6.18. The highest BCUT2D eigenvalue weighted by atomic mass is 35.5. The number of hydrogen-bond acceptors (Lipinski definition) is 3. The number of ether oxygens (including phenoxy) is 2. The first-order valence-corrected chi connectivity index (χ1v) is 4.79. The predicted molar refractivity (Wildman–Crippen MR) is 56.0 cm³/mol. The van der Waals surface area contributed by atoms with Crippen LogP contribution in [-0.2, 0) is 9.47 Å². The predicted octanol–water partition coefficient (Wildman–Crippen LogP) is 0.994. The smallest absolute Gasteiger partial charge is 0.0935 e. The number of alkyl halides is 1. The van der Waals surface area contributed by atoms with Crippen LogP contribution in [-0.4, -0.2) is 56.8 Å². The fraction of sp³-hybridized carbons (Fsp3) is 1.00. The van der Waals surface area contributed by atoms with E-state index in [9.17, 15) is 0 Å². The van der Waals surface area contributed by atoms with Gasteiger partial charge in [0.05, 0.1) is 19.3 Å². The second-order valence-corrected chi connectivity index (χ2v) is 3.32. The van der Waals surface area contributed by atoms with Gasteiger partial charge in [0.25, 0.3) is 0 Å². The summed E-state index contributed by atoms with van der Waals surface area (Å²) in [7, 11) is 1.70. The van der Waals surface area contributed by atoms with Crippen molar-refractivity contribution in [3.8, 4) is 0 Å². The lowest BCUT2D eigenvalue weighted by atomic mass is 10.3. The standard InChI is InChI=1S/C8H16ClNO2.ClH/c1-11-7-8-6-10(3-2-9)4-5-12-8;/h8H,2-7H2,1H3;1H/t8-;/m0./s1. The molecule has 1 saturated heterocycles. The number of halogens is 2. The normalized spacial score (nSPS) is 24.0. The first-order valence-electron chi connectivity index (χ1n) is 4.25. The van der Waals surface area contributed by atoms with E-state index in [1.807, 2.05) is 0 Å². The van der Waals surface area contributed by atoms with Gasteiger partial charge in [-0.15, -0.1) is 24.0 Å². The van der Waals surface area contributed by atoms with Gasteiger partial charge in [-0.05, 0) is 0 Å². The molecule has 1 fully saturated rings. The lowest BCUT2D eigenvalue weighted by Crippen LogP contribution is -2.44. The van der Waals surface area contributed by atoms with Crippen molar-refractivity contribution in [3.63, 3.8) is 0 Å². The summed E-state index contributed by atoms with van der Waals surface area (Å²) < 4.78 is 10.5. The minimum atomic E-state index is 0. The Balaban J connectivity index is 0.00000144. The van der Waals surface area contributed by atoms with E-state index >= 15 is 0 Å². The Labute approximate surface area is 90.7 Å². The van der Waals surface area contributed by atoms with Crippen molar-refractivity contribution in [2.75, 3.05) is 45.8 Å². The van der Waals surface area contributed by atoms with E-state index in [-0.39, 0.29) is 18.5 Å². The summed E-state index contributed by atoms with van der Waals surface area (Å²) in [4.78, 5) is 2.31. The molecule has 1 heterocycles. The van der Waals surface area contributed by atoms with Crippen molar-refractivity contribution in [1.82, 2.24) is 4.90 Å². The molecule has 1 aliphatic heterocycles. The molecule has 0 N–H and O–H groups in total. The summed E-state index contributed by atoms with van der Waals surface area (Å²) in [6.45, 7) is 4.36. The number of morpholine rings is 1. The van der Waals surface area contributed by atoms with Crippen LogP contribution in [0.2, 0.25) is 0 Å². The van der Waals surface area contributed by atoms with Gasteiger partial charge in [-0.2, -0.15) is 0 Å². The van der Waals surface area contributed by atoms with Crippen LogP contribution in [0.5, 0.6) is 0 Å². The Hall–Kier alpha value is 0.460. The first kappa shape index (κ1) is 13.5. The zero-order chi connectivity index (χ0) is 8.81. The van der Waals surface area contributed by atoms with Crippen LogP contribution in [0.15, 0.2) is 0 Å². The summed E-state index contributed by atoms with van der Waals surface area (Å²) in [5.74, 6) is 0.694. The SMILES string of the molecule is COC[C@@H]1CN(CCCl)CCO1.Cl. The molecular weight excluding hydrogens is 213 g/mol. The number of nitrogens with zero attached hydrogens (tertiary/aromatic N) is 1. The molecule has 0 unspecified atom stereocenters. The van der Waals surface area contributed by atoms with Crippen LogP contribution < -0.4 is 0 Å². The van der Waals surface area contributed by atoms with E-state index in [1.54, 1.807) is 7.11 Å². The lowest BCUT2D eigenvalue weighted by molar-refractivity contribution is -0.0593. The Bertz CT molecular complexity index is 111. The second-order valence-electron chi connectivity index (χ2n) is 2.94. The van der Waals surface area contributed by atoms with Crippen LogP contribution in [0.4, 0.5) is 0 Å². The number of hydrogen-bond donors (Lipinski definition) is 0. The van der Waals surface area contributed by atoms with E-state index in [4.69, 9.17) is 21.1 Å². The van der Waals surface area contributed by atoms with E-state index in [0.29, 0.717) is 12.5 Å². The Morgan fingerprint density at radius 3 is 3.00 bits per heavy atom. The molecule has 80 valence electrons. The minimum Gasteiger partial charge on any atom is -0.382 e. The molecule has 1 aliphatic rings. The maximum absolute atomic E-state index is 5.65. The van der Waals surface area contributed by atoms with Crippen LogP contribution in [0, 0.1) is 0 Å². The third kappa shape index (κ3) is 5.03. The maximum Gasteiger partial charge on any atom is 0.0935 e. The van der Waals surface area contributed by atoms with E-state index < -0.39 is 0 Å². The first-order chi connectivity index (χ1) is 5.86. The Morgan fingerprint density at radius 1 is 1.62 bits per heavy atom. The zero-order valence-corrected chi connectivity index (χ0v) is 9.44. The van der Waals surface area contributed by atoms with E-state index in [2.05, 4.69) is 4.90 Å². The molecule has 0 amide bonds. The van der Waals surface area contributed by atoms with Crippen molar-refractivity contribution >= 4 is 24.0 Å². The molecule has 0 radical (unpaired) electrons. The van der Waals surface area contributed by atoms with Crippen LogP contribution in [0.3, 0.4) is 0 Å². The summed E-state index contributed by atoms with van der Waals surface area (Å²) >= 11 is 5.65. The van der Waals surface area contributed by atoms with E-state index in [1.165, 1.54) is 0 Å².